The first-order valence-electron chi connectivity index (χ1n) is 6.22. The number of hydrogen-bond acceptors (Lipinski definition) is 3. The van der Waals surface area contributed by atoms with Gasteiger partial charge in [0, 0.05) is 12.0 Å². The van der Waals surface area contributed by atoms with Gasteiger partial charge in [0.1, 0.15) is 0 Å². The summed E-state index contributed by atoms with van der Waals surface area (Å²) in [7, 11) is 0. The van der Waals surface area contributed by atoms with Crippen molar-refractivity contribution in [3.8, 4) is 0 Å². The van der Waals surface area contributed by atoms with Gasteiger partial charge in [-0.05, 0) is 25.8 Å². The highest BCUT2D eigenvalue weighted by Gasteiger charge is 2.25. The first kappa shape index (κ1) is 15.4. The molecule has 0 spiro atoms. The van der Waals surface area contributed by atoms with Crippen LogP contribution in [0.3, 0.4) is 0 Å². The number of rotatable bonds is 9. The van der Waals surface area contributed by atoms with Gasteiger partial charge in [-0.15, -0.1) is 0 Å². The lowest BCUT2D eigenvalue weighted by atomic mass is 9.83. The van der Waals surface area contributed by atoms with Crippen molar-refractivity contribution in [2.24, 2.45) is 5.41 Å². The monoisotopic (exact) mass is 230 g/mol. The van der Waals surface area contributed by atoms with E-state index >= 15 is 0 Å². The van der Waals surface area contributed by atoms with Crippen molar-refractivity contribution < 1.29 is 9.90 Å². The summed E-state index contributed by atoms with van der Waals surface area (Å²) < 4.78 is 0. The van der Waals surface area contributed by atoms with Gasteiger partial charge in [0.2, 0.25) is 5.91 Å². The van der Waals surface area contributed by atoms with Crippen LogP contribution < -0.4 is 10.6 Å². The summed E-state index contributed by atoms with van der Waals surface area (Å²) in [6.07, 6.45) is 2.78. The predicted octanol–water partition coefficient (Wildman–Crippen LogP) is 0.901. The second-order valence-electron chi connectivity index (χ2n) is 4.32. The van der Waals surface area contributed by atoms with E-state index in [9.17, 15) is 9.90 Å². The number of aliphatic hydroxyl groups excluding tert-OH is 1. The summed E-state index contributed by atoms with van der Waals surface area (Å²) in [6.45, 7) is 8.06. The second-order valence-corrected chi connectivity index (χ2v) is 4.32. The van der Waals surface area contributed by atoms with Crippen LogP contribution >= 0.6 is 0 Å². The zero-order chi connectivity index (χ0) is 12.4. The third kappa shape index (κ3) is 5.47. The highest BCUT2D eigenvalue weighted by atomic mass is 16.3. The zero-order valence-corrected chi connectivity index (χ0v) is 10.8. The molecule has 0 saturated carbocycles. The first-order valence-corrected chi connectivity index (χ1v) is 6.22. The van der Waals surface area contributed by atoms with Crippen LogP contribution in [0.2, 0.25) is 0 Å². The largest absolute Gasteiger partial charge is 0.396 e. The second kappa shape index (κ2) is 8.53. The van der Waals surface area contributed by atoms with Crippen LogP contribution in [0.15, 0.2) is 0 Å². The minimum absolute atomic E-state index is 0.00757. The van der Waals surface area contributed by atoms with Crippen LogP contribution in [-0.4, -0.2) is 37.3 Å². The summed E-state index contributed by atoms with van der Waals surface area (Å²) in [5, 5.41) is 15.3. The van der Waals surface area contributed by atoms with Crippen LogP contribution in [0.5, 0.6) is 0 Å². The van der Waals surface area contributed by atoms with E-state index < -0.39 is 0 Å². The number of aliphatic hydroxyl groups is 1. The Morgan fingerprint density at radius 3 is 2.31 bits per heavy atom. The Kier molecular flexibility index (Phi) is 8.21. The van der Waals surface area contributed by atoms with Crippen LogP contribution in [0.4, 0.5) is 0 Å². The molecule has 0 aromatic rings. The Balaban J connectivity index is 3.87. The Hall–Kier alpha value is -0.610. The van der Waals surface area contributed by atoms with Crippen LogP contribution in [0.1, 0.15) is 40.0 Å². The van der Waals surface area contributed by atoms with Gasteiger partial charge in [-0.2, -0.15) is 0 Å². The molecule has 0 heterocycles. The summed E-state index contributed by atoms with van der Waals surface area (Å²) >= 11 is 0. The molecule has 0 atom stereocenters. The molecule has 0 saturated heterocycles. The SMILES string of the molecule is CCCNCC(=O)NCC(CC)(CC)CO. The van der Waals surface area contributed by atoms with E-state index in [0.717, 1.165) is 25.8 Å². The number of amides is 1. The van der Waals surface area contributed by atoms with E-state index in [1.165, 1.54) is 0 Å². The van der Waals surface area contributed by atoms with Gasteiger partial charge in [0.15, 0.2) is 0 Å². The van der Waals surface area contributed by atoms with Crippen molar-refractivity contribution in [3.63, 3.8) is 0 Å². The normalized spacial score (nSPS) is 11.5. The predicted molar refractivity (Wildman–Crippen MR) is 66.3 cm³/mol. The molecule has 4 nitrogen and oxygen atoms in total. The number of carbonyl (C=O) groups is 1. The van der Waals surface area contributed by atoms with E-state index in [2.05, 4.69) is 17.6 Å². The van der Waals surface area contributed by atoms with Crippen molar-refractivity contribution in [3.05, 3.63) is 0 Å². The zero-order valence-electron chi connectivity index (χ0n) is 10.8. The maximum atomic E-state index is 11.5. The van der Waals surface area contributed by atoms with Gasteiger partial charge in [0.05, 0.1) is 13.2 Å². The van der Waals surface area contributed by atoms with Gasteiger partial charge in [-0.25, -0.2) is 0 Å². The summed E-state index contributed by atoms with van der Waals surface area (Å²) in [6, 6.07) is 0. The Morgan fingerprint density at radius 1 is 1.25 bits per heavy atom. The highest BCUT2D eigenvalue weighted by molar-refractivity contribution is 5.78. The average molecular weight is 230 g/mol. The summed E-state index contributed by atoms with van der Waals surface area (Å²) in [5.74, 6) is 0.00757. The minimum atomic E-state index is -0.152. The topological polar surface area (TPSA) is 61.4 Å². The first-order chi connectivity index (χ1) is 7.64. The molecule has 0 fully saturated rings. The molecule has 0 aromatic heterocycles. The number of carbonyl (C=O) groups excluding carboxylic acids is 1. The Labute approximate surface area is 98.8 Å². The Morgan fingerprint density at radius 2 is 1.88 bits per heavy atom. The fraction of sp³-hybridized carbons (Fsp3) is 0.917. The summed E-state index contributed by atoms with van der Waals surface area (Å²) in [5.41, 5.74) is -0.152. The van der Waals surface area contributed by atoms with Crippen molar-refractivity contribution in [1.82, 2.24) is 10.6 Å². The van der Waals surface area contributed by atoms with Crippen molar-refractivity contribution in [2.45, 2.75) is 40.0 Å². The van der Waals surface area contributed by atoms with Crippen molar-refractivity contribution >= 4 is 5.91 Å². The lowest BCUT2D eigenvalue weighted by Crippen LogP contribution is -2.42. The lowest BCUT2D eigenvalue weighted by Gasteiger charge is -2.29. The van der Waals surface area contributed by atoms with Gasteiger partial charge < -0.3 is 15.7 Å². The van der Waals surface area contributed by atoms with Gasteiger partial charge in [-0.1, -0.05) is 20.8 Å². The maximum Gasteiger partial charge on any atom is 0.233 e. The molecule has 0 aliphatic rings. The number of hydrogen-bond donors (Lipinski definition) is 3. The molecule has 0 bridgehead atoms. The molecule has 0 radical (unpaired) electrons. The molecule has 0 unspecified atom stereocenters. The molecule has 0 aliphatic carbocycles. The highest BCUT2D eigenvalue weighted by Crippen LogP contribution is 2.24. The van der Waals surface area contributed by atoms with Crippen LogP contribution in [0.25, 0.3) is 0 Å². The van der Waals surface area contributed by atoms with Gasteiger partial charge in [0.25, 0.3) is 0 Å². The molecule has 0 aromatic carbocycles. The van der Waals surface area contributed by atoms with Crippen molar-refractivity contribution in [1.29, 1.82) is 0 Å². The standard InChI is InChI=1S/C12H26N2O2/c1-4-7-13-8-11(16)14-9-12(5-2,6-3)10-15/h13,15H,4-10H2,1-3H3,(H,14,16). The third-order valence-electron chi connectivity index (χ3n) is 3.21. The molecule has 4 heteroatoms. The summed E-state index contributed by atoms with van der Waals surface area (Å²) in [4.78, 5) is 11.5. The maximum absolute atomic E-state index is 11.5. The smallest absolute Gasteiger partial charge is 0.233 e. The molecular formula is C12H26N2O2. The quantitative estimate of drug-likeness (QED) is 0.516. The van der Waals surface area contributed by atoms with E-state index in [4.69, 9.17) is 0 Å². The van der Waals surface area contributed by atoms with E-state index in [0.29, 0.717) is 13.1 Å². The van der Waals surface area contributed by atoms with Crippen LogP contribution in [-0.2, 0) is 4.79 Å². The Bertz CT molecular complexity index is 183. The molecular weight excluding hydrogens is 204 g/mol. The average Bonchev–Trinajstić information content (AvgIpc) is 2.32. The third-order valence-corrected chi connectivity index (χ3v) is 3.21. The van der Waals surface area contributed by atoms with Crippen molar-refractivity contribution in [2.75, 3.05) is 26.2 Å². The fourth-order valence-corrected chi connectivity index (χ4v) is 1.51. The molecule has 16 heavy (non-hydrogen) atoms. The van der Waals surface area contributed by atoms with E-state index in [-0.39, 0.29) is 17.9 Å². The van der Waals surface area contributed by atoms with Gasteiger partial charge in [-0.3, -0.25) is 4.79 Å². The molecule has 0 rings (SSSR count). The fourth-order valence-electron chi connectivity index (χ4n) is 1.51. The van der Waals surface area contributed by atoms with Crippen LogP contribution in [0, 0.1) is 5.41 Å². The molecule has 96 valence electrons. The van der Waals surface area contributed by atoms with Gasteiger partial charge >= 0.3 is 0 Å². The lowest BCUT2D eigenvalue weighted by molar-refractivity contribution is -0.120. The molecule has 0 aliphatic heterocycles. The minimum Gasteiger partial charge on any atom is -0.396 e. The number of nitrogens with one attached hydrogen (secondary N) is 2. The van der Waals surface area contributed by atoms with E-state index in [1.54, 1.807) is 0 Å². The molecule has 1 amide bonds. The van der Waals surface area contributed by atoms with E-state index in [1.807, 2.05) is 13.8 Å². The molecule has 3 N–H and O–H groups in total.